The van der Waals surface area contributed by atoms with Gasteiger partial charge in [0.15, 0.2) is 0 Å². The van der Waals surface area contributed by atoms with Gasteiger partial charge in [0.25, 0.3) is 0 Å². The molecule has 0 spiro atoms. The lowest BCUT2D eigenvalue weighted by Crippen LogP contribution is -2.19. The van der Waals surface area contributed by atoms with E-state index < -0.39 is 12.2 Å². The molecule has 8 N–H and O–H groups in total. The van der Waals surface area contributed by atoms with Crippen LogP contribution in [0.4, 0.5) is 0 Å². The third-order valence-corrected chi connectivity index (χ3v) is 5.22. The molecule has 276 valence electrons. The predicted octanol–water partition coefficient (Wildman–Crippen LogP) is 0.644. The van der Waals surface area contributed by atoms with Crippen molar-refractivity contribution < 1.29 is 64.5 Å². The highest BCUT2D eigenvalue weighted by Crippen LogP contribution is 2.09. The number of halogens is 3. The van der Waals surface area contributed by atoms with E-state index >= 15 is 0 Å². The van der Waals surface area contributed by atoms with Crippen molar-refractivity contribution in [2.24, 2.45) is 0 Å². The zero-order valence-corrected chi connectivity index (χ0v) is 28.5. The summed E-state index contributed by atoms with van der Waals surface area (Å²) in [6, 6.07) is 0. The number of aliphatic hydroxyl groups excluding tert-OH is 4. The SMILES string of the molecule is C.C=CCOCC(O)CO.C=CCOCC1CO1.C=CCOC[C@@H]1CO1.ClCC1CO1.ClC[C@@H]1CO1.O.O.OCC(O)CCl.S. The Morgan fingerprint density at radius 3 is 1.13 bits per heavy atom. The molecule has 4 rings (SSSR count). The third-order valence-electron chi connectivity index (χ3n) is 4.18. The summed E-state index contributed by atoms with van der Waals surface area (Å²) >= 11 is 15.6. The van der Waals surface area contributed by atoms with Gasteiger partial charge in [-0.3, -0.25) is 0 Å². The molecule has 17 heteroatoms. The van der Waals surface area contributed by atoms with Gasteiger partial charge in [-0.15, -0.1) is 54.5 Å². The van der Waals surface area contributed by atoms with Crippen LogP contribution in [0.3, 0.4) is 0 Å². The normalized spacial score (nSPS) is 21.1. The van der Waals surface area contributed by atoms with Crippen molar-refractivity contribution in [2.75, 3.05) is 96.9 Å². The first-order valence-electron chi connectivity index (χ1n) is 13.1. The van der Waals surface area contributed by atoms with Crippen molar-refractivity contribution in [2.45, 2.75) is 44.1 Å². The van der Waals surface area contributed by atoms with Crippen molar-refractivity contribution in [3.63, 3.8) is 0 Å². The van der Waals surface area contributed by atoms with Crippen LogP contribution in [0.5, 0.6) is 0 Å². The van der Waals surface area contributed by atoms with Gasteiger partial charge in [-0.1, -0.05) is 25.7 Å². The minimum atomic E-state index is -0.759. The van der Waals surface area contributed by atoms with Crippen LogP contribution in [-0.2, 0) is 33.2 Å². The van der Waals surface area contributed by atoms with Crippen LogP contribution in [0, 0.1) is 0 Å². The van der Waals surface area contributed by atoms with Crippen molar-refractivity contribution in [1.82, 2.24) is 0 Å². The Labute approximate surface area is 291 Å². The molecule has 0 aromatic heterocycles. The fourth-order valence-electron chi connectivity index (χ4n) is 1.60. The summed E-state index contributed by atoms with van der Waals surface area (Å²) in [7, 11) is 0. The number of epoxide rings is 4. The minimum Gasteiger partial charge on any atom is -0.412 e. The summed E-state index contributed by atoms with van der Waals surface area (Å²) in [5.41, 5.74) is 0. The first-order chi connectivity index (χ1) is 19.8. The molecular weight excluding hydrogens is 683 g/mol. The van der Waals surface area contributed by atoms with E-state index in [1.54, 1.807) is 18.2 Å². The molecule has 4 fully saturated rings. The Balaban J connectivity index is -0.000000101. The topological polar surface area (TPSA) is 222 Å². The van der Waals surface area contributed by atoms with Crippen molar-refractivity contribution >= 4 is 48.3 Å². The Bertz CT molecular complexity index is 550. The van der Waals surface area contributed by atoms with Gasteiger partial charge in [-0.2, -0.15) is 13.5 Å². The highest BCUT2D eigenvalue weighted by molar-refractivity contribution is 7.59. The van der Waals surface area contributed by atoms with Crippen molar-refractivity contribution in [3.05, 3.63) is 38.0 Å². The molecule has 0 amide bonds. The lowest BCUT2D eigenvalue weighted by molar-refractivity contribution is 0.0150. The van der Waals surface area contributed by atoms with E-state index in [1.807, 2.05) is 0 Å². The third kappa shape index (κ3) is 56.6. The fraction of sp³-hybridized carbons (Fsp3) is 0.786. The number of alkyl halides is 3. The quantitative estimate of drug-likeness (QED) is 0.0701. The van der Waals surface area contributed by atoms with Crippen LogP contribution in [-0.4, -0.2) is 165 Å². The molecule has 6 atom stereocenters. The number of hydrogen-bond acceptors (Lipinski definition) is 11. The lowest BCUT2D eigenvalue weighted by Gasteiger charge is -2.04. The van der Waals surface area contributed by atoms with Crippen LogP contribution in [0.2, 0.25) is 0 Å². The number of ether oxygens (including phenoxy) is 7. The second-order valence-electron chi connectivity index (χ2n) is 8.44. The van der Waals surface area contributed by atoms with Gasteiger partial charge in [0.2, 0.25) is 0 Å². The summed E-state index contributed by atoms with van der Waals surface area (Å²) in [6.45, 7) is 16.8. The molecule has 4 aliphatic rings. The van der Waals surface area contributed by atoms with E-state index in [1.165, 1.54) is 0 Å². The maximum atomic E-state index is 8.68. The van der Waals surface area contributed by atoms with Crippen LogP contribution < -0.4 is 0 Å². The standard InChI is InChI=1S/C6H12O3.2C6H10O2.C3H7ClO2.2C3H5ClO.CH4.2H2O.H2S/c1-2-3-9-5-6(8)4-7;2*1-2-3-7-4-6-5-8-6;4-1-3(6)2-5;2*4-1-3-2-5-3;;;;/h2,6-8H,1,3-5H2;2*2,6H,1,3-5H2;3,5-6H,1-2H2;2*3H,1-2H2;1H4;3*1H2/t;6-;;;3-;;;;;/m.1..1...../s1. The maximum absolute atomic E-state index is 8.68. The second kappa shape index (κ2) is 43.9. The fourth-order valence-corrected chi connectivity index (χ4v) is 2.05. The lowest BCUT2D eigenvalue weighted by atomic mass is 10.4. The van der Waals surface area contributed by atoms with Gasteiger partial charge < -0.3 is 64.5 Å². The van der Waals surface area contributed by atoms with Crippen molar-refractivity contribution in [3.8, 4) is 0 Å². The molecule has 0 aromatic rings. The van der Waals surface area contributed by atoms with Gasteiger partial charge in [0, 0.05) is 0 Å². The smallest absolute Gasteiger partial charge is 0.104 e. The Morgan fingerprint density at radius 1 is 0.644 bits per heavy atom. The number of rotatable bonds is 17. The van der Waals surface area contributed by atoms with Crippen LogP contribution >= 0.6 is 48.3 Å². The second-order valence-corrected chi connectivity index (χ2v) is 9.36. The van der Waals surface area contributed by atoms with Gasteiger partial charge in [-0.05, 0) is 0 Å². The van der Waals surface area contributed by atoms with E-state index in [2.05, 4.69) is 19.7 Å². The predicted molar refractivity (Wildman–Crippen MR) is 185 cm³/mol. The summed E-state index contributed by atoms with van der Waals surface area (Å²) in [5.74, 6) is 1.44. The molecule has 45 heavy (non-hydrogen) atoms. The molecule has 4 heterocycles. The molecule has 4 aliphatic heterocycles. The first-order valence-corrected chi connectivity index (χ1v) is 14.7. The van der Waals surface area contributed by atoms with E-state index in [0.29, 0.717) is 56.0 Å². The molecule has 0 aromatic carbocycles. The largest absolute Gasteiger partial charge is 0.412 e. The van der Waals surface area contributed by atoms with E-state index in [-0.39, 0.29) is 57.6 Å². The average Bonchev–Trinajstić information content (AvgIpc) is 3.84. The highest BCUT2D eigenvalue weighted by Gasteiger charge is 2.22. The molecule has 0 aliphatic carbocycles. The molecule has 0 bridgehead atoms. The van der Waals surface area contributed by atoms with Crippen LogP contribution in [0.15, 0.2) is 38.0 Å². The minimum absolute atomic E-state index is 0. The van der Waals surface area contributed by atoms with Gasteiger partial charge in [0.1, 0.15) is 18.3 Å². The average molecular weight is 742 g/mol. The Kier molecular flexibility index (Phi) is 55.8. The summed E-state index contributed by atoms with van der Waals surface area (Å²) < 4.78 is 34.2. The summed E-state index contributed by atoms with van der Waals surface area (Å²) in [4.78, 5) is 0. The van der Waals surface area contributed by atoms with E-state index in [0.717, 1.165) is 39.6 Å². The van der Waals surface area contributed by atoms with E-state index in [9.17, 15) is 0 Å². The van der Waals surface area contributed by atoms with E-state index in [4.69, 9.17) is 88.4 Å². The van der Waals surface area contributed by atoms with Gasteiger partial charge in [-0.25, -0.2) is 0 Å². The van der Waals surface area contributed by atoms with Crippen LogP contribution in [0.1, 0.15) is 7.43 Å². The highest BCUT2D eigenvalue weighted by atomic mass is 35.5. The molecule has 4 saturated heterocycles. The number of hydrogen-bond donors (Lipinski definition) is 4. The molecule has 0 saturated carbocycles. The Hall–Kier alpha value is -0.0800. The zero-order chi connectivity index (χ0) is 31.1. The van der Waals surface area contributed by atoms with Gasteiger partial charge in [0.05, 0.1) is 115 Å². The summed E-state index contributed by atoms with van der Waals surface area (Å²) in [6.07, 6.45) is 5.13. The monoisotopic (exact) mass is 740 g/mol. The molecule has 0 radical (unpaired) electrons. The first kappa shape index (κ1) is 57.2. The van der Waals surface area contributed by atoms with Crippen LogP contribution in [0.25, 0.3) is 0 Å². The maximum Gasteiger partial charge on any atom is 0.104 e. The number of aliphatic hydroxyl groups is 4. The molecule has 13 nitrogen and oxygen atoms in total. The Morgan fingerprint density at radius 2 is 0.956 bits per heavy atom. The van der Waals surface area contributed by atoms with Gasteiger partial charge >= 0.3 is 0 Å². The summed E-state index contributed by atoms with van der Waals surface area (Å²) in [5, 5.41) is 33.2. The molecular formula is C28H59Cl3O13S. The zero-order valence-electron chi connectivity index (χ0n) is 25.2. The molecule has 4 unspecified atom stereocenters. The van der Waals surface area contributed by atoms with Crippen molar-refractivity contribution in [1.29, 1.82) is 0 Å².